The number of halogens is 1. The molecule has 0 spiro atoms. The number of carbonyl (C=O) groups excluding carboxylic acids is 1. The average Bonchev–Trinajstić information content (AvgIpc) is 2.13. The van der Waals surface area contributed by atoms with Crippen LogP contribution in [0.1, 0.15) is 51.4 Å². The second kappa shape index (κ2) is 5.39. The Hall–Kier alpha value is -0.900. The average molecular weight is 313 g/mol. The number of nitrogens with zero attached hydrogens (tertiary/aromatic N) is 1. The third kappa shape index (κ3) is 5.17. The highest BCUT2D eigenvalue weighted by Gasteiger charge is 2.27. The highest BCUT2D eigenvalue weighted by molar-refractivity contribution is 9.10. The molecule has 0 atom stereocenters. The number of rotatable bonds is 3. The number of amides is 1. The summed E-state index contributed by atoms with van der Waals surface area (Å²) in [6, 6.07) is 3.53. The molecule has 0 aromatic carbocycles. The first-order valence-electron chi connectivity index (χ1n) is 6.03. The topological polar surface area (TPSA) is 42.0 Å². The van der Waals surface area contributed by atoms with Crippen molar-refractivity contribution in [2.24, 2.45) is 5.41 Å². The van der Waals surface area contributed by atoms with Crippen LogP contribution in [0.15, 0.2) is 22.9 Å². The first-order chi connectivity index (χ1) is 8.09. The molecule has 0 aliphatic rings. The maximum absolute atomic E-state index is 12.1. The van der Waals surface area contributed by atoms with Gasteiger partial charge in [0.1, 0.15) is 4.60 Å². The lowest BCUT2D eigenvalue weighted by atomic mass is 9.81. The summed E-state index contributed by atoms with van der Waals surface area (Å²) in [4.78, 5) is 16.2. The minimum absolute atomic E-state index is 0.0794. The second-order valence-corrected chi connectivity index (χ2v) is 7.26. The van der Waals surface area contributed by atoms with E-state index < -0.39 is 0 Å². The smallest absolute Gasteiger partial charge is 0.253 e. The predicted octanol–water partition coefficient (Wildman–Crippen LogP) is 3.79. The minimum Gasteiger partial charge on any atom is -0.347 e. The molecule has 3 nitrogen and oxygen atoms in total. The molecule has 0 aliphatic heterocycles. The van der Waals surface area contributed by atoms with Gasteiger partial charge in [0.25, 0.3) is 5.91 Å². The zero-order valence-corrected chi connectivity index (χ0v) is 13.3. The van der Waals surface area contributed by atoms with Crippen LogP contribution in [0, 0.1) is 5.41 Å². The minimum atomic E-state index is -0.234. The van der Waals surface area contributed by atoms with Crippen molar-refractivity contribution in [3.63, 3.8) is 0 Å². The third-order valence-corrected chi connectivity index (χ3v) is 2.88. The molecule has 0 bridgehead atoms. The quantitative estimate of drug-likeness (QED) is 0.863. The number of hydrogen-bond acceptors (Lipinski definition) is 2. The molecule has 1 rings (SSSR count). The molecule has 0 radical (unpaired) electrons. The molecule has 1 aromatic heterocycles. The Bertz CT molecular complexity index is 418. The second-order valence-electron chi connectivity index (χ2n) is 6.45. The van der Waals surface area contributed by atoms with Gasteiger partial charge in [0.05, 0.1) is 5.56 Å². The Labute approximate surface area is 118 Å². The van der Waals surface area contributed by atoms with Crippen molar-refractivity contribution >= 4 is 21.8 Å². The normalized spacial score (nSPS) is 12.3. The fourth-order valence-electron chi connectivity index (χ4n) is 2.26. The molecule has 4 heteroatoms. The number of hydrogen-bond donors (Lipinski definition) is 1. The van der Waals surface area contributed by atoms with Crippen molar-refractivity contribution in [3.8, 4) is 0 Å². The van der Waals surface area contributed by atoms with Gasteiger partial charge in [-0.15, -0.1) is 0 Å². The summed E-state index contributed by atoms with van der Waals surface area (Å²) in [6.45, 7) is 10.6. The van der Waals surface area contributed by atoms with Crippen molar-refractivity contribution in [2.75, 3.05) is 0 Å². The zero-order chi connectivity index (χ0) is 14.0. The van der Waals surface area contributed by atoms with E-state index in [9.17, 15) is 4.79 Å². The molecule has 1 N–H and O–H groups in total. The predicted molar refractivity (Wildman–Crippen MR) is 77.6 cm³/mol. The monoisotopic (exact) mass is 312 g/mol. The molecule has 0 aliphatic carbocycles. The van der Waals surface area contributed by atoms with Gasteiger partial charge < -0.3 is 5.32 Å². The van der Waals surface area contributed by atoms with Crippen LogP contribution in [0.2, 0.25) is 0 Å². The van der Waals surface area contributed by atoms with Gasteiger partial charge in [0, 0.05) is 11.7 Å². The van der Waals surface area contributed by atoms with E-state index in [2.05, 4.69) is 47.0 Å². The van der Waals surface area contributed by atoms with E-state index in [-0.39, 0.29) is 16.9 Å². The van der Waals surface area contributed by atoms with Crippen LogP contribution in [0.25, 0.3) is 0 Å². The van der Waals surface area contributed by atoms with E-state index in [4.69, 9.17) is 0 Å². The van der Waals surface area contributed by atoms with Crippen LogP contribution in [0.5, 0.6) is 0 Å². The van der Waals surface area contributed by atoms with Gasteiger partial charge in [-0.25, -0.2) is 4.98 Å². The SMILES string of the molecule is CC(C)(C)CC(C)(C)NC(=O)c1ccc(Br)nc1. The Kier molecular flexibility index (Phi) is 4.54. The summed E-state index contributed by atoms with van der Waals surface area (Å²) in [5, 5.41) is 3.05. The lowest BCUT2D eigenvalue weighted by Gasteiger charge is -2.33. The number of carbonyl (C=O) groups is 1. The summed E-state index contributed by atoms with van der Waals surface area (Å²) < 4.78 is 0.730. The fraction of sp³-hybridized carbons (Fsp3) is 0.571. The number of nitrogens with one attached hydrogen (secondary N) is 1. The van der Waals surface area contributed by atoms with E-state index in [1.807, 2.05) is 13.8 Å². The van der Waals surface area contributed by atoms with E-state index in [0.29, 0.717) is 5.56 Å². The Morgan fingerprint density at radius 1 is 1.28 bits per heavy atom. The Morgan fingerprint density at radius 3 is 2.33 bits per heavy atom. The highest BCUT2D eigenvalue weighted by Crippen LogP contribution is 2.27. The van der Waals surface area contributed by atoms with Crippen molar-refractivity contribution < 1.29 is 4.79 Å². The molecule has 1 amide bonds. The number of pyridine rings is 1. The van der Waals surface area contributed by atoms with Gasteiger partial charge in [0.2, 0.25) is 0 Å². The van der Waals surface area contributed by atoms with Crippen LogP contribution in [0.3, 0.4) is 0 Å². The largest absolute Gasteiger partial charge is 0.347 e. The first kappa shape index (κ1) is 15.2. The van der Waals surface area contributed by atoms with Gasteiger partial charge in [-0.3, -0.25) is 4.79 Å². The molecule has 18 heavy (non-hydrogen) atoms. The highest BCUT2D eigenvalue weighted by atomic mass is 79.9. The van der Waals surface area contributed by atoms with Crippen LogP contribution >= 0.6 is 15.9 Å². The summed E-state index contributed by atoms with van der Waals surface area (Å²) in [5.74, 6) is -0.0794. The first-order valence-corrected chi connectivity index (χ1v) is 6.82. The molecule has 0 saturated heterocycles. The van der Waals surface area contributed by atoms with Gasteiger partial charge in [-0.2, -0.15) is 0 Å². The van der Waals surface area contributed by atoms with Crippen LogP contribution in [-0.2, 0) is 0 Å². The molecule has 1 heterocycles. The molecule has 0 saturated carbocycles. The van der Waals surface area contributed by atoms with Crippen molar-refractivity contribution in [2.45, 2.75) is 46.6 Å². The van der Waals surface area contributed by atoms with E-state index in [1.54, 1.807) is 18.3 Å². The molecule has 100 valence electrons. The van der Waals surface area contributed by atoms with Crippen molar-refractivity contribution in [1.29, 1.82) is 0 Å². The lowest BCUT2D eigenvalue weighted by Crippen LogP contribution is -2.45. The van der Waals surface area contributed by atoms with E-state index >= 15 is 0 Å². The maximum Gasteiger partial charge on any atom is 0.253 e. The van der Waals surface area contributed by atoms with Crippen LogP contribution in [0.4, 0.5) is 0 Å². The summed E-state index contributed by atoms with van der Waals surface area (Å²) in [6.07, 6.45) is 2.49. The maximum atomic E-state index is 12.1. The third-order valence-electron chi connectivity index (χ3n) is 2.41. The molecule has 0 fully saturated rings. The van der Waals surface area contributed by atoms with Crippen molar-refractivity contribution in [1.82, 2.24) is 10.3 Å². The van der Waals surface area contributed by atoms with Gasteiger partial charge >= 0.3 is 0 Å². The lowest BCUT2D eigenvalue weighted by molar-refractivity contribution is 0.0891. The standard InChI is InChI=1S/C14H21BrN2O/c1-13(2,3)9-14(4,5)17-12(18)10-6-7-11(15)16-8-10/h6-8H,9H2,1-5H3,(H,17,18). The van der Waals surface area contributed by atoms with Crippen LogP contribution < -0.4 is 5.32 Å². The summed E-state index contributed by atoms with van der Waals surface area (Å²) >= 11 is 3.25. The van der Waals surface area contributed by atoms with Gasteiger partial charge in [-0.1, -0.05) is 20.8 Å². The molecular weight excluding hydrogens is 292 g/mol. The molecule has 1 aromatic rings. The molecular formula is C14H21BrN2O. The van der Waals surface area contributed by atoms with Crippen molar-refractivity contribution in [3.05, 3.63) is 28.5 Å². The van der Waals surface area contributed by atoms with E-state index in [1.165, 1.54) is 0 Å². The zero-order valence-electron chi connectivity index (χ0n) is 11.7. The van der Waals surface area contributed by atoms with Gasteiger partial charge in [0.15, 0.2) is 0 Å². The Balaban J connectivity index is 2.72. The van der Waals surface area contributed by atoms with Crippen LogP contribution in [-0.4, -0.2) is 16.4 Å². The summed E-state index contributed by atoms with van der Waals surface area (Å²) in [7, 11) is 0. The van der Waals surface area contributed by atoms with E-state index in [0.717, 1.165) is 11.0 Å². The van der Waals surface area contributed by atoms with Gasteiger partial charge in [-0.05, 0) is 53.7 Å². The summed E-state index contributed by atoms with van der Waals surface area (Å²) in [5.41, 5.74) is 0.525. The Morgan fingerprint density at radius 2 is 1.89 bits per heavy atom. The number of aromatic nitrogens is 1. The molecule has 0 unspecified atom stereocenters. The fourth-order valence-corrected chi connectivity index (χ4v) is 2.49.